The third kappa shape index (κ3) is 6.54. The molecule has 4 rings (SSSR count). The summed E-state index contributed by atoms with van der Waals surface area (Å²) in [4.78, 5) is 57.2. The van der Waals surface area contributed by atoms with Crippen LogP contribution >= 0.6 is 0 Å². The fraction of sp³-hybridized carbons (Fsp3) is 0.464. The van der Waals surface area contributed by atoms with E-state index in [4.69, 9.17) is 0 Å². The summed E-state index contributed by atoms with van der Waals surface area (Å²) in [6.45, 7) is 3.12. The van der Waals surface area contributed by atoms with Gasteiger partial charge in [0, 0.05) is 12.4 Å². The van der Waals surface area contributed by atoms with Crippen LogP contribution in [0.5, 0.6) is 5.75 Å². The molecule has 208 valence electrons. The highest BCUT2D eigenvalue weighted by molar-refractivity contribution is 6.00. The largest absolute Gasteiger partial charge is 0.507 e. The van der Waals surface area contributed by atoms with Crippen molar-refractivity contribution in [3.8, 4) is 5.75 Å². The number of aromatic nitrogens is 1. The number of amides is 4. The van der Waals surface area contributed by atoms with E-state index in [1.807, 2.05) is 0 Å². The highest BCUT2D eigenvalue weighted by Crippen LogP contribution is 2.30. The molecule has 1 aromatic heterocycles. The number of pyridine rings is 1. The fourth-order valence-electron chi connectivity index (χ4n) is 4.96. The average molecular weight is 538 g/mol. The number of phenolic OH excluding ortho intramolecular Hbond substituents is 1. The van der Waals surface area contributed by atoms with Crippen LogP contribution in [0.25, 0.3) is 0 Å². The van der Waals surface area contributed by atoms with Crippen molar-refractivity contribution in [2.45, 2.75) is 69.8 Å². The Morgan fingerprint density at radius 3 is 2.38 bits per heavy atom. The number of nitrogens with one attached hydrogen (secondary N) is 4. The van der Waals surface area contributed by atoms with Crippen molar-refractivity contribution in [1.82, 2.24) is 26.3 Å². The van der Waals surface area contributed by atoms with Crippen molar-refractivity contribution in [3.05, 3.63) is 59.9 Å². The number of benzene rings is 1. The molecule has 0 bridgehead atoms. The summed E-state index contributed by atoms with van der Waals surface area (Å²) in [5, 5.41) is 32.4. The first-order valence-electron chi connectivity index (χ1n) is 13.2. The van der Waals surface area contributed by atoms with Gasteiger partial charge in [-0.1, -0.05) is 31.5 Å². The van der Waals surface area contributed by atoms with Gasteiger partial charge in [-0.3, -0.25) is 24.2 Å². The molecule has 2 heterocycles. The van der Waals surface area contributed by atoms with E-state index in [1.165, 1.54) is 12.1 Å². The van der Waals surface area contributed by atoms with E-state index in [9.17, 15) is 29.4 Å². The zero-order chi connectivity index (χ0) is 28.1. The van der Waals surface area contributed by atoms with Gasteiger partial charge in [-0.15, -0.1) is 0 Å². The van der Waals surface area contributed by atoms with Gasteiger partial charge in [-0.2, -0.15) is 0 Å². The molecule has 1 saturated carbocycles. The second kappa shape index (κ2) is 12.2. The molecule has 11 nitrogen and oxygen atoms in total. The maximum atomic E-state index is 13.6. The molecule has 1 saturated heterocycles. The van der Waals surface area contributed by atoms with Crippen molar-refractivity contribution < 1.29 is 29.4 Å². The normalized spacial score (nSPS) is 28.5. The summed E-state index contributed by atoms with van der Waals surface area (Å²) >= 11 is 0. The Bertz CT molecular complexity index is 1200. The summed E-state index contributed by atoms with van der Waals surface area (Å²) in [6, 6.07) is 5.55. The van der Waals surface area contributed by atoms with Gasteiger partial charge < -0.3 is 31.5 Å². The van der Waals surface area contributed by atoms with E-state index in [-0.39, 0.29) is 23.7 Å². The van der Waals surface area contributed by atoms with Crippen LogP contribution in [0.2, 0.25) is 0 Å². The van der Waals surface area contributed by atoms with E-state index >= 15 is 0 Å². The Balaban J connectivity index is 1.67. The van der Waals surface area contributed by atoms with Gasteiger partial charge in [0.05, 0.1) is 29.7 Å². The van der Waals surface area contributed by atoms with Crippen LogP contribution < -0.4 is 21.3 Å². The molecule has 39 heavy (non-hydrogen) atoms. The number of nitrogens with zero attached hydrogens (tertiary/aromatic N) is 1. The lowest BCUT2D eigenvalue weighted by molar-refractivity contribution is -0.137. The number of hydrogen-bond acceptors (Lipinski definition) is 7. The molecule has 6 N–H and O–H groups in total. The van der Waals surface area contributed by atoms with Crippen molar-refractivity contribution in [1.29, 1.82) is 0 Å². The molecule has 0 radical (unpaired) electrons. The first-order valence-corrected chi connectivity index (χ1v) is 13.2. The van der Waals surface area contributed by atoms with Gasteiger partial charge in [-0.05, 0) is 55.9 Å². The van der Waals surface area contributed by atoms with Crippen LogP contribution in [-0.2, 0) is 20.8 Å². The Hall–Kier alpha value is -3.99. The minimum absolute atomic E-state index is 0.0323. The maximum Gasteiger partial charge on any atom is 0.255 e. The van der Waals surface area contributed by atoms with E-state index in [2.05, 4.69) is 26.3 Å². The highest BCUT2D eigenvalue weighted by Gasteiger charge is 2.41. The summed E-state index contributed by atoms with van der Waals surface area (Å²) in [6.07, 6.45) is 4.54. The number of aliphatic hydroxyl groups excluding tert-OH is 1. The number of para-hydroxylation sites is 1. The van der Waals surface area contributed by atoms with Crippen LogP contribution in [-0.4, -0.2) is 69.1 Å². The third-order valence-corrected chi connectivity index (χ3v) is 7.63. The molecule has 1 aliphatic carbocycles. The Kier molecular flexibility index (Phi) is 8.80. The van der Waals surface area contributed by atoms with Crippen molar-refractivity contribution in [2.24, 2.45) is 11.8 Å². The quantitative estimate of drug-likeness (QED) is 0.321. The number of hydrogen-bond donors (Lipinski definition) is 6. The van der Waals surface area contributed by atoms with Crippen LogP contribution in [0.1, 0.15) is 49.0 Å². The zero-order valence-corrected chi connectivity index (χ0v) is 22.0. The van der Waals surface area contributed by atoms with Crippen LogP contribution in [0.3, 0.4) is 0 Å². The molecule has 4 amide bonds. The fourth-order valence-corrected chi connectivity index (χ4v) is 4.96. The van der Waals surface area contributed by atoms with Crippen molar-refractivity contribution in [3.63, 3.8) is 0 Å². The minimum atomic E-state index is -1.30. The van der Waals surface area contributed by atoms with Gasteiger partial charge >= 0.3 is 0 Å². The Labute approximate surface area is 226 Å². The van der Waals surface area contributed by atoms with Gasteiger partial charge in [0.2, 0.25) is 17.7 Å². The molecular formula is C28H35N5O6. The molecule has 6 unspecified atom stereocenters. The SMILES string of the molecule is CC1NC(=O)C(C2CCC2)NC(=O)C(C)C(O)C(Cc2cccnc2)NC(=O)C1NC(=O)c1ccccc1O. The molecule has 6 atom stereocenters. The van der Waals surface area contributed by atoms with E-state index in [0.29, 0.717) is 0 Å². The number of aliphatic hydroxyl groups is 1. The second-order valence-corrected chi connectivity index (χ2v) is 10.4. The van der Waals surface area contributed by atoms with Crippen molar-refractivity contribution in [2.75, 3.05) is 0 Å². The van der Waals surface area contributed by atoms with Crippen LogP contribution in [0, 0.1) is 11.8 Å². The van der Waals surface area contributed by atoms with Crippen LogP contribution in [0.4, 0.5) is 0 Å². The molecule has 1 aliphatic heterocycles. The molecular weight excluding hydrogens is 502 g/mol. The van der Waals surface area contributed by atoms with Crippen LogP contribution in [0.15, 0.2) is 48.8 Å². The number of phenols is 1. The Morgan fingerprint density at radius 1 is 1.00 bits per heavy atom. The summed E-state index contributed by atoms with van der Waals surface area (Å²) in [7, 11) is 0. The third-order valence-electron chi connectivity index (χ3n) is 7.63. The molecule has 11 heteroatoms. The van der Waals surface area contributed by atoms with Gasteiger partial charge in [0.25, 0.3) is 5.91 Å². The molecule has 2 aromatic rings. The van der Waals surface area contributed by atoms with E-state index in [1.54, 1.807) is 50.5 Å². The second-order valence-electron chi connectivity index (χ2n) is 10.4. The topological polar surface area (TPSA) is 170 Å². The number of aromatic hydroxyl groups is 1. The lowest BCUT2D eigenvalue weighted by Crippen LogP contribution is -2.64. The first-order chi connectivity index (χ1) is 18.7. The number of rotatable bonds is 5. The molecule has 1 aromatic carbocycles. The molecule has 2 fully saturated rings. The first kappa shape index (κ1) is 28.0. The summed E-state index contributed by atoms with van der Waals surface area (Å²) in [5.41, 5.74) is 0.695. The summed E-state index contributed by atoms with van der Waals surface area (Å²) < 4.78 is 0. The number of carbonyl (C=O) groups excluding carboxylic acids is 4. The average Bonchev–Trinajstić information content (AvgIpc) is 2.89. The maximum absolute atomic E-state index is 13.6. The number of carbonyl (C=O) groups is 4. The summed E-state index contributed by atoms with van der Waals surface area (Å²) in [5.74, 6) is -3.60. The van der Waals surface area contributed by atoms with Gasteiger partial charge in [0.1, 0.15) is 17.8 Å². The predicted octanol–water partition coefficient (Wildman–Crippen LogP) is 0.413. The zero-order valence-electron chi connectivity index (χ0n) is 22.0. The lowest BCUT2D eigenvalue weighted by Gasteiger charge is -2.37. The predicted molar refractivity (Wildman–Crippen MR) is 141 cm³/mol. The smallest absolute Gasteiger partial charge is 0.255 e. The minimum Gasteiger partial charge on any atom is -0.507 e. The van der Waals surface area contributed by atoms with E-state index in [0.717, 1.165) is 24.8 Å². The van der Waals surface area contributed by atoms with E-state index < -0.39 is 59.8 Å². The lowest BCUT2D eigenvalue weighted by atomic mass is 9.78. The van der Waals surface area contributed by atoms with Crippen molar-refractivity contribution >= 4 is 23.6 Å². The Morgan fingerprint density at radius 2 is 1.74 bits per heavy atom. The monoisotopic (exact) mass is 537 g/mol. The molecule has 2 aliphatic rings. The molecule has 0 spiro atoms. The highest BCUT2D eigenvalue weighted by atomic mass is 16.3. The van der Waals surface area contributed by atoms with Gasteiger partial charge in [0.15, 0.2) is 0 Å². The standard InChI is InChI=1S/C28H35N5O6/c1-15-24(35)20(13-17-7-6-12-29-14-17)31-27(38)22(32-26(37)19-10-3-4-11-21(19)34)16(2)30-28(39)23(33-25(15)36)18-8-5-9-18/h3-4,6-7,10-12,14-16,18,20,22-24,34-35H,5,8-9,13H2,1-2H3,(H,30,39)(H,31,38)(H,32,37)(H,33,36). The van der Waals surface area contributed by atoms with Gasteiger partial charge in [-0.25, -0.2) is 0 Å².